The van der Waals surface area contributed by atoms with Crippen molar-refractivity contribution in [3.8, 4) is 0 Å². The average Bonchev–Trinajstić information content (AvgIpc) is 3.11. The summed E-state index contributed by atoms with van der Waals surface area (Å²) in [5, 5.41) is 0. The van der Waals surface area contributed by atoms with E-state index >= 15 is 0 Å². The maximum atomic E-state index is 8.34. The van der Waals surface area contributed by atoms with Crippen LogP contribution in [0.3, 0.4) is 0 Å². The van der Waals surface area contributed by atoms with E-state index in [1.165, 1.54) is 18.9 Å². The molecule has 0 aromatic carbocycles. The minimum atomic E-state index is -2.76. The van der Waals surface area contributed by atoms with Gasteiger partial charge >= 0.3 is 15.1 Å². The molecule has 2 aliphatic heterocycles. The van der Waals surface area contributed by atoms with Crippen LogP contribution in [-0.2, 0) is 0 Å². The van der Waals surface area contributed by atoms with Gasteiger partial charge in [0, 0.05) is 47.0 Å². The van der Waals surface area contributed by atoms with Crippen molar-refractivity contribution in [2.24, 2.45) is 0 Å². The summed E-state index contributed by atoms with van der Waals surface area (Å²) in [6.45, 7) is 30.4. The SMILES string of the molecule is CCCC[Si]1([Si]2(Cl)N(C(C)(C)C)C=CN2C(C)(C)C)N(C(C)(C)C)C=CN1C(C)(C)C. The van der Waals surface area contributed by atoms with Crippen LogP contribution in [0.15, 0.2) is 24.8 Å². The molecule has 7 heteroatoms. The zero-order valence-electron chi connectivity index (χ0n) is 22.6. The van der Waals surface area contributed by atoms with E-state index in [0.29, 0.717) is 0 Å². The summed E-state index contributed by atoms with van der Waals surface area (Å²) in [6.07, 6.45) is 11.8. The van der Waals surface area contributed by atoms with Crippen LogP contribution >= 0.6 is 11.1 Å². The van der Waals surface area contributed by atoms with Crippen LogP contribution in [0.4, 0.5) is 0 Å². The Hall–Kier alpha value is -0.596. The van der Waals surface area contributed by atoms with E-state index in [9.17, 15) is 0 Å². The number of hydrogen-bond donors (Lipinski definition) is 0. The van der Waals surface area contributed by atoms with E-state index in [1.54, 1.807) is 0 Å². The monoisotopic (exact) mass is 484 g/mol. The lowest BCUT2D eigenvalue weighted by Gasteiger charge is -2.63. The van der Waals surface area contributed by atoms with E-state index in [0.717, 1.165) is 0 Å². The predicted molar refractivity (Wildman–Crippen MR) is 142 cm³/mol. The maximum absolute atomic E-state index is 8.34. The second-order valence-electron chi connectivity index (χ2n) is 13.3. The lowest BCUT2D eigenvalue weighted by atomic mass is 10.1. The van der Waals surface area contributed by atoms with Gasteiger partial charge in [-0.15, -0.1) is 11.1 Å². The minimum absolute atomic E-state index is 0.00104. The first-order valence-corrected chi connectivity index (χ1v) is 18.0. The molecule has 0 radical (unpaired) electrons. The molecule has 4 nitrogen and oxygen atoms in total. The molecule has 2 aliphatic rings. The topological polar surface area (TPSA) is 13.0 Å². The van der Waals surface area contributed by atoms with Gasteiger partial charge < -0.3 is 18.3 Å². The minimum Gasteiger partial charge on any atom is -0.380 e. The van der Waals surface area contributed by atoms with Crippen molar-refractivity contribution in [3.05, 3.63) is 24.8 Å². The van der Waals surface area contributed by atoms with Crippen molar-refractivity contribution in [1.29, 1.82) is 0 Å². The third-order valence-electron chi connectivity index (χ3n) is 6.44. The van der Waals surface area contributed by atoms with Gasteiger partial charge in [-0.1, -0.05) is 19.8 Å². The van der Waals surface area contributed by atoms with Crippen LogP contribution in [0.1, 0.15) is 103 Å². The highest BCUT2D eigenvalue weighted by Gasteiger charge is 2.75. The van der Waals surface area contributed by atoms with E-state index in [4.69, 9.17) is 11.1 Å². The fourth-order valence-electron chi connectivity index (χ4n) is 5.35. The Kier molecular flexibility index (Phi) is 6.89. The van der Waals surface area contributed by atoms with Gasteiger partial charge in [0.05, 0.1) is 0 Å². The molecular weight excluding hydrogens is 436 g/mol. The van der Waals surface area contributed by atoms with Crippen LogP contribution in [0, 0.1) is 0 Å². The molecule has 0 unspecified atom stereocenters. The van der Waals surface area contributed by atoms with Gasteiger partial charge in [0.2, 0.25) is 0 Å². The Morgan fingerprint density at radius 1 is 0.581 bits per heavy atom. The summed E-state index contributed by atoms with van der Waals surface area (Å²) >= 11 is 8.34. The van der Waals surface area contributed by atoms with E-state index < -0.39 is 15.1 Å². The quantitative estimate of drug-likeness (QED) is 0.319. The molecule has 0 saturated carbocycles. The molecule has 2 heterocycles. The van der Waals surface area contributed by atoms with E-state index in [1.807, 2.05) is 0 Å². The average molecular weight is 485 g/mol. The zero-order chi connectivity index (χ0) is 24.3. The molecule has 180 valence electrons. The number of nitrogens with zero attached hydrogens (tertiary/aromatic N) is 4. The van der Waals surface area contributed by atoms with Crippen LogP contribution in [0.2, 0.25) is 6.04 Å². The highest BCUT2D eigenvalue weighted by Crippen LogP contribution is 2.52. The van der Waals surface area contributed by atoms with Crippen LogP contribution < -0.4 is 0 Å². The lowest BCUT2D eigenvalue weighted by molar-refractivity contribution is 0.244. The zero-order valence-corrected chi connectivity index (χ0v) is 25.4. The summed E-state index contributed by atoms with van der Waals surface area (Å²) in [4.78, 5) is 0. The first-order chi connectivity index (χ1) is 13.8. The molecule has 0 aliphatic carbocycles. The van der Waals surface area contributed by atoms with Gasteiger partial charge in [-0.05, 0) is 89.1 Å². The van der Waals surface area contributed by atoms with E-state index in [-0.39, 0.29) is 22.2 Å². The van der Waals surface area contributed by atoms with Gasteiger partial charge in [-0.2, -0.15) is 0 Å². The van der Waals surface area contributed by atoms with Gasteiger partial charge in [-0.25, -0.2) is 0 Å². The summed E-state index contributed by atoms with van der Waals surface area (Å²) in [5.74, 6) is 0. The van der Waals surface area contributed by atoms with Crippen molar-refractivity contribution in [1.82, 2.24) is 18.3 Å². The van der Waals surface area contributed by atoms with Gasteiger partial charge in [0.15, 0.2) is 0 Å². The molecule has 0 bridgehead atoms. The predicted octanol–water partition coefficient (Wildman–Crippen LogP) is 6.86. The third kappa shape index (κ3) is 4.33. The molecule has 0 aromatic heterocycles. The van der Waals surface area contributed by atoms with Crippen molar-refractivity contribution in [3.63, 3.8) is 0 Å². The summed E-state index contributed by atoms with van der Waals surface area (Å²) in [7, 11) is -5.23. The highest BCUT2D eigenvalue weighted by molar-refractivity contribution is 7.56. The van der Waals surface area contributed by atoms with Gasteiger partial charge in [0.25, 0.3) is 0 Å². The lowest BCUT2D eigenvalue weighted by Crippen LogP contribution is -2.88. The number of unbranched alkanes of at least 4 members (excludes halogenated alkanes) is 1. The fraction of sp³-hybridized carbons (Fsp3) is 0.833. The smallest absolute Gasteiger partial charge is 0.380 e. The molecule has 0 fully saturated rings. The first kappa shape index (κ1) is 26.7. The molecule has 31 heavy (non-hydrogen) atoms. The summed E-state index contributed by atoms with van der Waals surface area (Å²) < 4.78 is 10.7. The number of rotatable bonds is 4. The van der Waals surface area contributed by atoms with Crippen molar-refractivity contribution in [2.75, 3.05) is 0 Å². The largest absolute Gasteiger partial charge is 0.395 e. The number of halogens is 1. The number of hydrogen-bond acceptors (Lipinski definition) is 4. The van der Waals surface area contributed by atoms with Gasteiger partial charge in [-0.3, -0.25) is 0 Å². The Morgan fingerprint density at radius 3 is 1.13 bits per heavy atom. The summed E-state index contributed by atoms with van der Waals surface area (Å²) in [6, 6.07) is 1.17. The standard InChI is InChI=1S/C24H49ClN4Si2/c1-14-15-20-30(26(21(2,3)4)16-17-27(30)22(5,6)7)31(25)28(23(8,9)10)18-19-29(31)24(11,12)13/h16-19H,14-15,20H2,1-13H3. The second-order valence-corrected chi connectivity index (χ2v) is 25.5. The molecule has 0 atom stereocenters. The Morgan fingerprint density at radius 2 is 0.871 bits per heavy atom. The van der Waals surface area contributed by atoms with Crippen molar-refractivity contribution in [2.45, 2.75) is 131 Å². The molecule has 0 spiro atoms. The van der Waals surface area contributed by atoms with Crippen LogP contribution in [0.25, 0.3) is 0 Å². The van der Waals surface area contributed by atoms with E-state index in [2.05, 4.69) is 133 Å². The normalized spacial score (nSPS) is 21.6. The van der Waals surface area contributed by atoms with Crippen LogP contribution in [0.5, 0.6) is 0 Å². The van der Waals surface area contributed by atoms with Crippen molar-refractivity contribution < 1.29 is 0 Å². The van der Waals surface area contributed by atoms with Gasteiger partial charge in [0.1, 0.15) is 0 Å². The second kappa shape index (κ2) is 8.01. The Bertz CT molecular complexity index is 659. The van der Waals surface area contributed by atoms with Crippen LogP contribution in [-0.4, -0.2) is 55.6 Å². The fourth-order valence-corrected chi connectivity index (χ4v) is 28.9. The Balaban J connectivity index is 2.94. The molecule has 2 rings (SSSR count). The van der Waals surface area contributed by atoms with Crippen molar-refractivity contribution >= 4 is 26.2 Å². The third-order valence-corrected chi connectivity index (χ3v) is 25.2. The molecular formula is C24H49ClN4Si2. The highest BCUT2D eigenvalue weighted by atomic mass is 35.6. The Labute approximate surface area is 200 Å². The first-order valence-electron chi connectivity index (χ1n) is 12.0. The maximum Gasteiger partial charge on any atom is 0.395 e. The molecule has 0 saturated heterocycles. The molecule has 0 amide bonds. The molecule has 0 aromatic rings. The summed E-state index contributed by atoms with van der Waals surface area (Å²) in [5.41, 5.74) is -0.0964. The molecule has 0 N–H and O–H groups in total.